The van der Waals surface area contributed by atoms with Crippen LogP contribution >= 0.6 is 0 Å². The van der Waals surface area contributed by atoms with E-state index in [2.05, 4.69) is 26.8 Å². The average Bonchev–Trinajstić information content (AvgIpc) is 2.37. The lowest BCUT2D eigenvalue weighted by Gasteiger charge is -2.24. The molecule has 0 radical (unpaired) electrons. The molecule has 0 aromatic heterocycles. The molecule has 20 heavy (non-hydrogen) atoms. The molecule has 0 heterocycles. The Hall–Kier alpha value is -1.51. The Kier molecular flexibility index (Phi) is 5.61. The first-order valence-corrected chi connectivity index (χ1v) is 7.14. The zero-order chi connectivity index (χ0) is 15.3. The van der Waals surface area contributed by atoms with E-state index in [-0.39, 0.29) is 17.3 Å². The van der Waals surface area contributed by atoms with Crippen LogP contribution in [0.4, 0.5) is 0 Å². The van der Waals surface area contributed by atoms with E-state index in [0.717, 1.165) is 16.9 Å². The normalized spacial score (nSPS) is 12.9. The largest absolute Gasteiger partial charge is 0.496 e. The van der Waals surface area contributed by atoms with Crippen molar-refractivity contribution in [1.82, 2.24) is 0 Å². The van der Waals surface area contributed by atoms with Gasteiger partial charge in [-0.2, -0.15) is 0 Å². The minimum atomic E-state index is -0.168. The topological polar surface area (TPSA) is 35.5 Å². The molecule has 1 rings (SSSR count). The number of carbonyl (C=O) groups excluding carboxylic acids is 1. The van der Waals surface area contributed by atoms with E-state index in [4.69, 9.17) is 9.47 Å². The van der Waals surface area contributed by atoms with Gasteiger partial charge in [0.05, 0.1) is 19.6 Å². The van der Waals surface area contributed by atoms with Crippen LogP contribution in [0, 0.1) is 5.92 Å². The third-order valence-corrected chi connectivity index (χ3v) is 3.32. The lowest BCUT2D eigenvalue weighted by atomic mass is 9.84. The number of methoxy groups -OCH3 is 1. The minimum absolute atomic E-state index is 0.00845. The maximum atomic E-state index is 11.8. The van der Waals surface area contributed by atoms with Crippen molar-refractivity contribution in [2.24, 2.45) is 5.92 Å². The molecule has 0 aliphatic carbocycles. The van der Waals surface area contributed by atoms with Crippen LogP contribution in [0.15, 0.2) is 18.2 Å². The molecule has 0 saturated heterocycles. The van der Waals surface area contributed by atoms with E-state index in [1.165, 1.54) is 0 Å². The van der Waals surface area contributed by atoms with Gasteiger partial charge < -0.3 is 9.47 Å². The van der Waals surface area contributed by atoms with E-state index in [0.29, 0.717) is 13.0 Å². The van der Waals surface area contributed by atoms with E-state index in [1.807, 2.05) is 26.0 Å². The number of para-hydroxylation sites is 1. The second-order valence-electron chi connectivity index (χ2n) is 6.11. The lowest BCUT2D eigenvalue weighted by Crippen LogP contribution is -2.19. The maximum Gasteiger partial charge on any atom is 0.308 e. The first kappa shape index (κ1) is 16.5. The van der Waals surface area contributed by atoms with E-state index < -0.39 is 0 Å². The molecule has 0 amide bonds. The summed E-state index contributed by atoms with van der Waals surface area (Å²) < 4.78 is 10.7. The summed E-state index contributed by atoms with van der Waals surface area (Å²) in [5, 5.41) is 0. The van der Waals surface area contributed by atoms with Crippen molar-refractivity contribution in [3.05, 3.63) is 29.3 Å². The van der Waals surface area contributed by atoms with Gasteiger partial charge in [0.2, 0.25) is 0 Å². The Morgan fingerprint density at radius 3 is 2.45 bits per heavy atom. The standard InChI is InChI=1S/C17H26O3/c1-7-20-16(18)12(2)11-13-9-8-10-14(15(13)19-6)17(3,4)5/h8-10,12H,7,11H2,1-6H3. The minimum Gasteiger partial charge on any atom is -0.496 e. The SMILES string of the molecule is CCOC(=O)C(C)Cc1cccc(C(C)(C)C)c1OC. The molecule has 3 heteroatoms. The van der Waals surface area contributed by atoms with Gasteiger partial charge in [-0.3, -0.25) is 4.79 Å². The highest BCUT2D eigenvalue weighted by molar-refractivity contribution is 5.72. The summed E-state index contributed by atoms with van der Waals surface area (Å²) in [5.74, 6) is 0.561. The van der Waals surface area contributed by atoms with E-state index in [1.54, 1.807) is 7.11 Å². The van der Waals surface area contributed by atoms with Crippen LogP contribution in [0.1, 0.15) is 45.7 Å². The fraction of sp³-hybridized carbons (Fsp3) is 0.588. The summed E-state index contributed by atoms with van der Waals surface area (Å²) in [5.41, 5.74) is 2.23. The Balaban J connectivity index is 3.04. The van der Waals surface area contributed by atoms with Crippen molar-refractivity contribution in [2.75, 3.05) is 13.7 Å². The van der Waals surface area contributed by atoms with Gasteiger partial charge in [-0.1, -0.05) is 45.9 Å². The summed E-state index contributed by atoms with van der Waals surface area (Å²) in [4.78, 5) is 11.8. The molecule has 112 valence electrons. The zero-order valence-electron chi connectivity index (χ0n) is 13.4. The Bertz CT molecular complexity index is 458. The molecule has 0 N–H and O–H groups in total. The zero-order valence-corrected chi connectivity index (χ0v) is 13.4. The monoisotopic (exact) mass is 278 g/mol. The van der Waals surface area contributed by atoms with Gasteiger partial charge in [0, 0.05) is 0 Å². The fourth-order valence-electron chi connectivity index (χ4n) is 2.27. The van der Waals surface area contributed by atoms with Gasteiger partial charge in [0.15, 0.2) is 0 Å². The molecular formula is C17H26O3. The van der Waals surface area contributed by atoms with Gasteiger partial charge in [0.1, 0.15) is 5.75 Å². The predicted octanol–water partition coefficient (Wildman–Crippen LogP) is 3.73. The molecule has 1 unspecified atom stereocenters. The van der Waals surface area contributed by atoms with E-state index >= 15 is 0 Å². The van der Waals surface area contributed by atoms with Crippen molar-refractivity contribution in [3.63, 3.8) is 0 Å². The Labute approximate surface area is 122 Å². The molecule has 0 spiro atoms. The van der Waals surface area contributed by atoms with Crippen molar-refractivity contribution < 1.29 is 14.3 Å². The Morgan fingerprint density at radius 2 is 1.95 bits per heavy atom. The first-order chi connectivity index (χ1) is 9.31. The van der Waals surface area contributed by atoms with Gasteiger partial charge in [-0.15, -0.1) is 0 Å². The predicted molar refractivity (Wildman–Crippen MR) is 81.2 cm³/mol. The summed E-state index contributed by atoms with van der Waals surface area (Å²) in [6.45, 7) is 10.6. The summed E-state index contributed by atoms with van der Waals surface area (Å²) in [6.07, 6.45) is 0.631. The average molecular weight is 278 g/mol. The molecule has 0 saturated carbocycles. The smallest absolute Gasteiger partial charge is 0.308 e. The molecule has 0 aliphatic heterocycles. The molecular weight excluding hydrogens is 252 g/mol. The van der Waals surface area contributed by atoms with Gasteiger partial charge in [-0.25, -0.2) is 0 Å². The van der Waals surface area contributed by atoms with Crippen molar-refractivity contribution >= 4 is 5.97 Å². The summed E-state index contributed by atoms with van der Waals surface area (Å²) >= 11 is 0. The first-order valence-electron chi connectivity index (χ1n) is 7.14. The molecule has 1 atom stereocenters. The number of carbonyl (C=O) groups is 1. The van der Waals surface area contributed by atoms with Crippen molar-refractivity contribution in [3.8, 4) is 5.75 Å². The van der Waals surface area contributed by atoms with Crippen molar-refractivity contribution in [1.29, 1.82) is 0 Å². The molecule has 1 aromatic rings. The van der Waals surface area contributed by atoms with Gasteiger partial charge >= 0.3 is 5.97 Å². The van der Waals surface area contributed by atoms with Gasteiger partial charge in [-0.05, 0) is 29.9 Å². The molecule has 0 fully saturated rings. The summed E-state index contributed by atoms with van der Waals surface area (Å²) in [7, 11) is 1.68. The third kappa shape index (κ3) is 3.99. The summed E-state index contributed by atoms with van der Waals surface area (Å²) in [6, 6.07) is 6.12. The Morgan fingerprint density at radius 1 is 1.30 bits per heavy atom. The second-order valence-corrected chi connectivity index (χ2v) is 6.11. The highest BCUT2D eigenvalue weighted by atomic mass is 16.5. The van der Waals surface area contributed by atoms with Crippen LogP contribution in [0.2, 0.25) is 0 Å². The van der Waals surface area contributed by atoms with Crippen LogP contribution in [-0.2, 0) is 21.4 Å². The second kappa shape index (κ2) is 6.78. The highest BCUT2D eigenvalue weighted by Gasteiger charge is 2.23. The number of hydrogen-bond acceptors (Lipinski definition) is 3. The van der Waals surface area contributed by atoms with Crippen LogP contribution in [0.5, 0.6) is 5.75 Å². The number of esters is 1. The number of ether oxygens (including phenoxy) is 2. The number of rotatable bonds is 5. The van der Waals surface area contributed by atoms with E-state index in [9.17, 15) is 4.79 Å². The molecule has 1 aromatic carbocycles. The number of hydrogen-bond donors (Lipinski definition) is 0. The van der Waals surface area contributed by atoms with Crippen molar-refractivity contribution in [2.45, 2.75) is 46.5 Å². The van der Waals surface area contributed by atoms with Crippen LogP contribution < -0.4 is 4.74 Å². The number of benzene rings is 1. The van der Waals surface area contributed by atoms with Crippen LogP contribution in [-0.4, -0.2) is 19.7 Å². The van der Waals surface area contributed by atoms with Crippen LogP contribution in [0.25, 0.3) is 0 Å². The highest BCUT2D eigenvalue weighted by Crippen LogP contribution is 2.35. The third-order valence-electron chi connectivity index (χ3n) is 3.32. The molecule has 0 aliphatic rings. The molecule has 3 nitrogen and oxygen atoms in total. The van der Waals surface area contributed by atoms with Gasteiger partial charge in [0.25, 0.3) is 0 Å². The quantitative estimate of drug-likeness (QED) is 0.770. The maximum absolute atomic E-state index is 11.8. The fourth-order valence-corrected chi connectivity index (χ4v) is 2.27. The lowest BCUT2D eigenvalue weighted by molar-refractivity contribution is -0.147. The van der Waals surface area contributed by atoms with Crippen LogP contribution in [0.3, 0.4) is 0 Å². The molecule has 0 bridgehead atoms.